The molecule has 0 fully saturated rings. The maximum Gasteiger partial charge on any atom is 0.140 e. The fourth-order valence-corrected chi connectivity index (χ4v) is 2.19. The molecule has 0 bridgehead atoms. The molecule has 0 aliphatic heterocycles. The number of hydrogen-bond acceptors (Lipinski definition) is 5. The van der Waals surface area contributed by atoms with E-state index in [4.69, 9.17) is 0 Å². The molecule has 0 saturated heterocycles. The van der Waals surface area contributed by atoms with Crippen LogP contribution in [-0.4, -0.2) is 40.6 Å². The van der Waals surface area contributed by atoms with Gasteiger partial charge in [0.2, 0.25) is 0 Å². The minimum atomic E-state index is -0.437. The van der Waals surface area contributed by atoms with E-state index in [-0.39, 0.29) is 5.75 Å². The lowest BCUT2D eigenvalue weighted by molar-refractivity contribution is 0.175. The van der Waals surface area contributed by atoms with Gasteiger partial charge in [-0.25, -0.2) is 0 Å². The molecule has 5 nitrogen and oxygen atoms in total. The average molecular weight is 296 g/mol. The van der Waals surface area contributed by atoms with E-state index in [1.54, 1.807) is 12.1 Å². The summed E-state index contributed by atoms with van der Waals surface area (Å²) in [6.45, 7) is 4.87. The molecule has 5 N–H and O–H groups in total. The third kappa shape index (κ3) is 6.23. The van der Waals surface area contributed by atoms with Crippen molar-refractivity contribution < 1.29 is 15.3 Å². The second kappa shape index (κ2) is 9.47. The molecule has 0 saturated carbocycles. The van der Waals surface area contributed by atoms with Crippen LogP contribution in [0.25, 0.3) is 0 Å². The number of aromatic hydroxyl groups is 1. The van der Waals surface area contributed by atoms with Gasteiger partial charge in [0.15, 0.2) is 0 Å². The number of anilines is 2. The number of rotatable bonds is 10. The second-order valence-electron chi connectivity index (χ2n) is 5.35. The Morgan fingerprint density at radius 3 is 2.10 bits per heavy atom. The Labute approximate surface area is 127 Å². The Morgan fingerprint density at radius 1 is 0.952 bits per heavy atom. The molecule has 0 amide bonds. The summed E-state index contributed by atoms with van der Waals surface area (Å²) in [4.78, 5) is 0. The number of aliphatic hydroxyl groups excluding tert-OH is 2. The monoisotopic (exact) mass is 296 g/mol. The number of para-hydroxylation sites is 1. The van der Waals surface area contributed by atoms with Crippen molar-refractivity contribution in [1.29, 1.82) is 0 Å². The second-order valence-corrected chi connectivity index (χ2v) is 5.35. The third-order valence-corrected chi connectivity index (χ3v) is 3.33. The van der Waals surface area contributed by atoms with E-state index in [2.05, 4.69) is 10.6 Å². The van der Waals surface area contributed by atoms with Gasteiger partial charge in [-0.3, -0.25) is 0 Å². The molecular weight excluding hydrogens is 268 g/mol. The molecule has 1 aromatic carbocycles. The van der Waals surface area contributed by atoms with E-state index in [0.717, 1.165) is 31.4 Å². The van der Waals surface area contributed by atoms with Crippen molar-refractivity contribution >= 4 is 11.4 Å². The lowest BCUT2D eigenvalue weighted by Crippen LogP contribution is -2.22. The highest BCUT2D eigenvalue weighted by atomic mass is 16.3. The molecule has 0 spiro atoms. The van der Waals surface area contributed by atoms with Gasteiger partial charge in [0.1, 0.15) is 11.4 Å². The number of hydrogen-bond donors (Lipinski definition) is 5. The molecule has 1 rings (SSSR count). The highest BCUT2D eigenvalue weighted by Crippen LogP contribution is 2.31. The Balaban J connectivity index is 2.64. The van der Waals surface area contributed by atoms with E-state index in [0.29, 0.717) is 18.8 Å². The average Bonchev–Trinajstić information content (AvgIpc) is 2.44. The summed E-state index contributed by atoms with van der Waals surface area (Å²) in [6.07, 6.45) is 2.46. The van der Waals surface area contributed by atoms with Crippen molar-refractivity contribution in [2.75, 3.05) is 23.7 Å². The van der Waals surface area contributed by atoms with Gasteiger partial charge in [0, 0.05) is 13.1 Å². The van der Waals surface area contributed by atoms with E-state index in [1.165, 1.54) is 0 Å². The Bertz CT molecular complexity index is 413. The molecule has 5 heteroatoms. The molecule has 0 aliphatic carbocycles. The molecule has 1 aromatic rings. The third-order valence-electron chi connectivity index (χ3n) is 3.33. The number of phenols is 1. The fourth-order valence-electron chi connectivity index (χ4n) is 2.19. The fraction of sp³-hybridized carbons (Fsp3) is 0.625. The van der Waals surface area contributed by atoms with Gasteiger partial charge in [0.05, 0.1) is 17.9 Å². The van der Waals surface area contributed by atoms with Crippen LogP contribution in [0.1, 0.15) is 39.5 Å². The van der Waals surface area contributed by atoms with Gasteiger partial charge in [-0.2, -0.15) is 0 Å². The van der Waals surface area contributed by atoms with Gasteiger partial charge in [0.25, 0.3) is 0 Å². The molecule has 2 unspecified atom stereocenters. The normalized spacial score (nSPS) is 13.7. The smallest absolute Gasteiger partial charge is 0.140 e. The van der Waals surface area contributed by atoms with Gasteiger partial charge in [-0.05, 0) is 25.0 Å². The van der Waals surface area contributed by atoms with Crippen LogP contribution in [0, 0.1) is 0 Å². The van der Waals surface area contributed by atoms with Gasteiger partial charge in [-0.1, -0.05) is 32.8 Å². The van der Waals surface area contributed by atoms with Crippen LogP contribution in [-0.2, 0) is 0 Å². The summed E-state index contributed by atoms with van der Waals surface area (Å²) >= 11 is 0. The minimum Gasteiger partial charge on any atom is -0.506 e. The van der Waals surface area contributed by atoms with Gasteiger partial charge >= 0.3 is 0 Å². The summed E-state index contributed by atoms with van der Waals surface area (Å²) in [6, 6.07) is 5.19. The first-order chi connectivity index (χ1) is 10.1. The molecule has 0 aromatic heterocycles. The Morgan fingerprint density at radius 2 is 1.52 bits per heavy atom. The Kier molecular flexibility index (Phi) is 7.93. The van der Waals surface area contributed by atoms with E-state index in [9.17, 15) is 15.3 Å². The van der Waals surface area contributed by atoms with Gasteiger partial charge < -0.3 is 26.0 Å². The largest absolute Gasteiger partial charge is 0.506 e. The highest BCUT2D eigenvalue weighted by molar-refractivity contribution is 5.75. The first kappa shape index (κ1) is 17.6. The highest BCUT2D eigenvalue weighted by Gasteiger charge is 2.11. The molecule has 0 aliphatic rings. The zero-order valence-electron chi connectivity index (χ0n) is 13.0. The molecule has 0 radical (unpaired) electrons. The molecule has 120 valence electrons. The number of aliphatic hydroxyl groups is 2. The van der Waals surface area contributed by atoms with E-state index in [1.807, 2.05) is 19.9 Å². The number of benzene rings is 1. The predicted molar refractivity (Wildman–Crippen MR) is 86.9 cm³/mol. The maximum absolute atomic E-state index is 9.96. The van der Waals surface area contributed by atoms with E-state index < -0.39 is 12.2 Å². The van der Waals surface area contributed by atoms with Crippen molar-refractivity contribution in [2.24, 2.45) is 0 Å². The zero-order chi connectivity index (χ0) is 15.7. The topological polar surface area (TPSA) is 84.8 Å². The first-order valence-electron chi connectivity index (χ1n) is 7.74. The summed E-state index contributed by atoms with van der Waals surface area (Å²) < 4.78 is 0. The molecular formula is C16H28N2O3. The number of nitrogens with one attached hydrogen (secondary N) is 2. The van der Waals surface area contributed by atoms with Crippen molar-refractivity contribution in [3.05, 3.63) is 18.2 Å². The lowest BCUT2D eigenvalue weighted by Gasteiger charge is -2.18. The molecule has 0 heterocycles. The lowest BCUT2D eigenvalue weighted by atomic mass is 10.1. The minimum absolute atomic E-state index is 0.133. The standard InChI is InChI=1S/C16H28N2O3/c1-3-6-12(19)10-17-14-8-5-9-15(21)16(14)18-11-13(20)7-4-2/h5,8-9,12-13,17-21H,3-4,6-7,10-11H2,1-2H3. The van der Waals surface area contributed by atoms with Crippen LogP contribution in [0.2, 0.25) is 0 Å². The van der Waals surface area contributed by atoms with Crippen molar-refractivity contribution in [3.63, 3.8) is 0 Å². The summed E-state index contributed by atoms with van der Waals surface area (Å²) in [5.74, 6) is 0.133. The van der Waals surface area contributed by atoms with Crippen LogP contribution in [0.15, 0.2) is 18.2 Å². The summed E-state index contributed by atoms with van der Waals surface area (Å²) in [5.41, 5.74) is 1.30. The van der Waals surface area contributed by atoms with Crippen LogP contribution >= 0.6 is 0 Å². The summed E-state index contributed by atoms with van der Waals surface area (Å²) in [7, 11) is 0. The van der Waals surface area contributed by atoms with Crippen LogP contribution in [0.4, 0.5) is 11.4 Å². The van der Waals surface area contributed by atoms with Crippen molar-refractivity contribution in [2.45, 2.75) is 51.7 Å². The zero-order valence-corrected chi connectivity index (χ0v) is 13.0. The Hall–Kier alpha value is -1.46. The van der Waals surface area contributed by atoms with Crippen molar-refractivity contribution in [1.82, 2.24) is 0 Å². The van der Waals surface area contributed by atoms with Gasteiger partial charge in [-0.15, -0.1) is 0 Å². The van der Waals surface area contributed by atoms with Crippen molar-refractivity contribution in [3.8, 4) is 5.75 Å². The maximum atomic E-state index is 9.96. The molecule has 21 heavy (non-hydrogen) atoms. The predicted octanol–water partition coefficient (Wildman–Crippen LogP) is 2.54. The van der Waals surface area contributed by atoms with Crippen LogP contribution in [0.5, 0.6) is 5.75 Å². The van der Waals surface area contributed by atoms with Crippen LogP contribution in [0.3, 0.4) is 0 Å². The SMILES string of the molecule is CCCC(O)CNc1cccc(O)c1NCC(O)CCC. The molecule has 2 atom stereocenters. The first-order valence-corrected chi connectivity index (χ1v) is 7.74. The quantitative estimate of drug-likeness (QED) is 0.428. The van der Waals surface area contributed by atoms with Crippen LogP contribution < -0.4 is 10.6 Å². The number of phenolic OH excluding ortho intramolecular Hbond substituents is 1. The van der Waals surface area contributed by atoms with E-state index >= 15 is 0 Å². The summed E-state index contributed by atoms with van der Waals surface area (Å²) in [5, 5.41) is 35.7.